The molecule has 0 saturated carbocycles. The number of nitrogens with one attached hydrogen (secondary N) is 2. The normalized spacial score (nSPS) is 21.1. The quantitative estimate of drug-likeness (QED) is 0.791. The summed E-state index contributed by atoms with van der Waals surface area (Å²) in [6, 6.07) is 8.58. The number of ether oxygens (including phenoxy) is 1. The van der Waals surface area contributed by atoms with Crippen molar-refractivity contribution in [3.8, 4) is 0 Å². The molecule has 2 aliphatic rings. The Morgan fingerprint density at radius 1 is 1.31 bits per heavy atom. The molecule has 0 bridgehead atoms. The molecule has 6 heteroatoms. The van der Waals surface area contributed by atoms with E-state index in [4.69, 9.17) is 4.74 Å². The number of amides is 2. The number of benzene rings is 1. The average Bonchev–Trinajstić information content (AvgIpc) is 2.68. The van der Waals surface area contributed by atoms with Crippen LogP contribution in [0.25, 0.3) is 0 Å². The van der Waals surface area contributed by atoms with Crippen LogP contribution in [0.15, 0.2) is 35.7 Å². The maximum absolute atomic E-state index is 13.0. The van der Waals surface area contributed by atoms with E-state index in [2.05, 4.69) is 35.8 Å². The minimum Gasteiger partial charge on any atom is -0.381 e. The summed E-state index contributed by atoms with van der Waals surface area (Å²) >= 11 is 0. The molecule has 1 unspecified atom stereocenters. The lowest BCUT2D eigenvalue weighted by Crippen LogP contribution is -2.44. The SMILES string of the molecule is Cc1cccc(C2CCC(C(=O)N(C)C3CCOCC3)=C(NC=O)N2)c1. The molecule has 2 N–H and O–H groups in total. The Hall–Kier alpha value is -2.34. The van der Waals surface area contributed by atoms with Crippen LogP contribution >= 0.6 is 0 Å². The van der Waals surface area contributed by atoms with Crippen LogP contribution in [0.4, 0.5) is 0 Å². The molecular weight excluding hydrogens is 330 g/mol. The molecule has 6 nitrogen and oxygen atoms in total. The average molecular weight is 357 g/mol. The molecule has 0 aliphatic carbocycles. The molecule has 1 saturated heterocycles. The van der Waals surface area contributed by atoms with Crippen molar-refractivity contribution in [1.82, 2.24) is 15.5 Å². The molecule has 0 radical (unpaired) electrons. The Morgan fingerprint density at radius 2 is 2.08 bits per heavy atom. The lowest BCUT2D eigenvalue weighted by atomic mass is 9.93. The second-order valence-corrected chi connectivity index (χ2v) is 7.03. The number of rotatable bonds is 5. The highest BCUT2D eigenvalue weighted by atomic mass is 16.5. The highest BCUT2D eigenvalue weighted by molar-refractivity contribution is 5.94. The molecule has 0 aromatic heterocycles. The lowest BCUT2D eigenvalue weighted by molar-refractivity contribution is -0.129. The van der Waals surface area contributed by atoms with Gasteiger partial charge in [-0.05, 0) is 38.2 Å². The van der Waals surface area contributed by atoms with Gasteiger partial charge in [0, 0.05) is 26.3 Å². The van der Waals surface area contributed by atoms with E-state index in [1.165, 1.54) is 11.1 Å². The van der Waals surface area contributed by atoms with Crippen LogP contribution in [0.3, 0.4) is 0 Å². The van der Waals surface area contributed by atoms with Crippen molar-refractivity contribution in [1.29, 1.82) is 0 Å². The van der Waals surface area contributed by atoms with Crippen molar-refractivity contribution in [2.45, 2.75) is 44.7 Å². The number of carbonyl (C=O) groups is 2. The van der Waals surface area contributed by atoms with Gasteiger partial charge in [-0.2, -0.15) is 0 Å². The topological polar surface area (TPSA) is 70.7 Å². The molecule has 2 amide bonds. The fourth-order valence-corrected chi connectivity index (χ4v) is 3.74. The Bertz CT molecular complexity index is 695. The highest BCUT2D eigenvalue weighted by Gasteiger charge is 2.30. The molecule has 140 valence electrons. The molecule has 1 aromatic rings. The third-order valence-corrected chi connectivity index (χ3v) is 5.27. The maximum atomic E-state index is 13.0. The first-order valence-electron chi connectivity index (χ1n) is 9.21. The second kappa shape index (κ2) is 8.36. The summed E-state index contributed by atoms with van der Waals surface area (Å²) in [6.45, 7) is 3.44. The number of nitrogens with zero attached hydrogens (tertiary/aromatic N) is 1. The molecule has 2 aliphatic heterocycles. The predicted octanol–water partition coefficient (Wildman–Crippen LogP) is 2.01. The van der Waals surface area contributed by atoms with Crippen LogP contribution in [0.2, 0.25) is 0 Å². The van der Waals surface area contributed by atoms with Gasteiger partial charge in [-0.25, -0.2) is 0 Å². The van der Waals surface area contributed by atoms with Gasteiger partial charge in [-0.15, -0.1) is 0 Å². The van der Waals surface area contributed by atoms with Gasteiger partial charge in [0.2, 0.25) is 6.41 Å². The minimum atomic E-state index is -0.0172. The smallest absolute Gasteiger partial charge is 0.253 e. The van der Waals surface area contributed by atoms with E-state index in [0.717, 1.165) is 19.3 Å². The summed E-state index contributed by atoms with van der Waals surface area (Å²) in [4.78, 5) is 25.9. The van der Waals surface area contributed by atoms with Crippen LogP contribution < -0.4 is 10.6 Å². The Morgan fingerprint density at radius 3 is 2.77 bits per heavy atom. The molecule has 2 heterocycles. The monoisotopic (exact) mass is 357 g/mol. The summed E-state index contributed by atoms with van der Waals surface area (Å²) in [5, 5.41) is 6.06. The van der Waals surface area contributed by atoms with Crippen LogP contribution in [0, 0.1) is 6.92 Å². The molecule has 1 aromatic carbocycles. The van der Waals surface area contributed by atoms with Crippen LogP contribution in [-0.4, -0.2) is 43.5 Å². The molecule has 1 atom stereocenters. The van der Waals surface area contributed by atoms with Gasteiger partial charge in [0.05, 0.1) is 11.6 Å². The number of carbonyl (C=O) groups excluding carboxylic acids is 2. The van der Waals surface area contributed by atoms with Gasteiger partial charge in [0.1, 0.15) is 5.82 Å². The zero-order chi connectivity index (χ0) is 18.5. The van der Waals surface area contributed by atoms with Crippen molar-refractivity contribution < 1.29 is 14.3 Å². The van der Waals surface area contributed by atoms with Gasteiger partial charge in [0.15, 0.2) is 0 Å². The fraction of sp³-hybridized carbons (Fsp3) is 0.500. The first-order valence-corrected chi connectivity index (χ1v) is 9.21. The summed E-state index contributed by atoms with van der Waals surface area (Å²) in [5.74, 6) is 0.512. The number of hydrogen-bond donors (Lipinski definition) is 2. The molecule has 26 heavy (non-hydrogen) atoms. The van der Waals surface area contributed by atoms with Gasteiger partial charge in [-0.1, -0.05) is 29.8 Å². The van der Waals surface area contributed by atoms with Crippen molar-refractivity contribution in [2.75, 3.05) is 20.3 Å². The minimum absolute atomic E-state index is 0.0172. The Balaban J connectivity index is 1.79. The van der Waals surface area contributed by atoms with Crippen molar-refractivity contribution >= 4 is 12.3 Å². The van der Waals surface area contributed by atoms with Crippen LogP contribution in [0.5, 0.6) is 0 Å². The molecule has 3 rings (SSSR count). The Kier molecular flexibility index (Phi) is 5.93. The van der Waals surface area contributed by atoms with E-state index in [0.29, 0.717) is 37.4 Å². The first kappa shape index (κ1) is 18.5. The molecule has 0 spiro atoms. The largest absolute Gasteiger partial charge is 0.381 e. The van der Waals surface area contributed by atoms with Gasteiger partial charge >= 0.3 is 0 Å². The summed E-state index contributed by atoms with van der Waals surface area (Å²) in [6.07, 6.45) is 3.78. The lowest BCUT2D eigenvalue weighted by Gasteiger charge is -2.35. The van der Waals surface area contributed by atoms with Crippen LogP contribution in [-0.2, 0) is 14.3 Å². The van der Waals surface area contributed by atoms with Crippen molar-refractivity contribution in [3.05, 3.63) is 46.8 Å². The summed E-state index contributed by atoms with van der Waals surface area (Å²) < 4.78 is 5.39. The van der Waals surface area contributed by atoms with Gasteiger partial charge in [0.25, 0.3) is 5.91 Å². The van der Waals surface area contributed by atoms with E-state index in [1.807, 2.05) is 13.1 Å². The van der Waals surface area contributed by atoms with Crippen LogP contribution in [0.1, 0.15) is 42.9 Å². The van der Waals surface area contributed by atoms with E-state index in [1.54, 1.807) is 4.90 Å². The maximum Gasteiger partial charge on any atom is 0.253 e. The second-order valence-electron chi connectivity index (χ2n) is 7.03. The zero-order valence-electron chi connectivity index (χ0n) is 15.5. The van der Waals surface area contributed by atoms with E-state index < -0.39 is 0 Å². The standard InChI is InChI=1S/C20H27N3O3/c1-14-4-3-5-15(12-14)18-7-6-17(19(22-18)21-13-24)20(25)23(2)16-8-10-26-11-9-16/h3-5,12-13,16,18,22H,6-11H2,1-2H3,(H,21,24). The zero-order valence-corrected chi connectivity index (χ0v) is 15.5. The Labute approximate surface area is 154 Å². The number of likely N-dealkylation sites (N-methyl/N-ethyl adjacent to an activating group) is 1. The summed E-state index contributed by atoms with van der Waals surface area (Å²) in [5.41, 5.74) is 3.01. The van der Waals surface area contributed by atoms with Gasteiger partial charge < -0.3 is 20.3 Å². The third-order valence-electron chi connectivity index (χ3n) is 5.27. The summed E-state index contributed by atoms with van der Waals surface area (Å²) in [7, 11) is 1.84. The fourth-order valence-electron chi connectivity index (χ4n) is 3.74. The van der Waals surface area contributed by atoms with Crippen molar-refractivity contribution in [3.63, 3.8) is 0 Å². The number of hydrogen-bond acceptors (Lipinski definition) is 4. The number of aryl methyl sites for hydroxylation is 1. The third kappa shape index (κ3) is 4.07. The van der Waals surface area contributed by atoms with E-state index >= 15 is 0 Å². The van der Waals surface area contributed by atoms with Gasteiger partial charge in [-0.3, -0.25) is 9.59 Å². The van der Waals surface area contributed by atoms with E-state index in [9.17, 15) is 9.59 Å². The van der Waals surface area contributed by atoms with E-state index in [-0.39, 0.29) is 18.0 Å². The molecule has 1 fully saturated rings. The molecular formula is C20H27N3O3. The predicted molar refractivity (Wildman–Crippen MR) is 99.1 cm³/mol. The highest BCUT2D eigenvalue weighted by Crippen LogP contribution is 2.29. The van der Waals surface area contributed by atoms with Crippen molar-refractivity contribution in [2.24, 2.45) is 0 Å². The first-order chi connectivity index (χ1) is 12.6.